The van der Waals surface area contributed by atoms with Crippen molar-refractivity contribution in [1.82, 2.24) is 5.32 Å². The molecule has 138 valence electrons. The van der Waals surface area contributed by atoms with Crippen LogP contribution in [-0.4, -0.2) is 27.1 Å². The average Bonchev–Trinajstić information content (AvgIpc) is 2.60. The van der Waals surface area contributed by atoms with Crippen LogP contribution in [0, 0.1) is 5.82 Å². The van der Waals surface area contributed by atoms with E-state index in [9.17, 15) is 17.6 Å². The van der Waals surface area contributed by atoms with Gasteiger partial charge in [0, 0.05) is 12.1 Å². The van der Waals surface area contributed by atoms with Crippen LogP contribution < -0.4 is 9.62 Å². The zero-order valence-electron chi connectivity index (χ0n) is 14.7. The van der Waals surface area contributed by atoms with Crippen LogP contribution >= 0.6 is 0 Å². The quantitative estimate of drug-likeness (QED) is 0.892. The number of anilines is 1. The van der Waals surface area contributed by atoms with Crippen molar-refractivity contribution in [2.24, 2.45) is 0 Å². The Balaban J connectivity index is 1.79. The van der Waals surface area contributed by atoms with Gasteiger partial charge in [-0.05, 0) is 61.2 Å². The van der Waals surface area contributed by atoms with E-state index in [0.717, 1.165) is 24.0 Å². The number of hydrogen-bond acceptors (Lipinski definition) is 3. The zero-order chi connectivity index (χ0) is 18.9. The van der Waals surface area contributed by atoms with Crippen LogP contribution in [0.4, 0.5) is 10.1 Å². The van der Waals surface area contributed by atoms with Crippen molar-refractivity contribution in [3.63, 3.8) is 0 Å². The minimum atomic E-state index is -3.33. The van der Waals surface area contributed by atoms with Gasteiger partial charge in [0.2, 0.25) is 10.0 Å². The molecule has 0 aliphatic carbocycles. The van der Waals surface area contributed by atoms with E-state index in [1.54, 1.807) is 30.3 Å². The SMILES string of the molecule is C[C@H](NC(=O)c1ccc2c(c1)CCCN2S(C)(=O)=O)c1ccc(F)cc1. The number of carbonyl (C=O) groups is 1. The molecule has 2 aromatic carbocycles. The van der Waals surface area contributed by atoms with Gasteiger partial charge in [-0.3, -0.25) is 9.10 Å². The summed E-state index contributed by atoms with van der Waals surface area (Å²) in [5, 5.41) is 2.89. The fourth-order valence-corrected chi connectivity index (χ4v) is 4.16. The normalized spacial score (nSPS) is 15.3. The highest BCUT2D eigenvalue weighted by Gasteiger charge is 2.25. The third-order valence-electron chi connectivity index (χ3n) is 4.54. The highest BCUT2D eigenvalue weighted by Crippen LogP contribution is 2.30. The van der Waals surface area contributed by atoms with Crippen LogP contribution in [0.25, 0.3) is 0 Å². The first-order valence-electron chi connectivity index (χ1n) is 8.42. The number of nitrogens with zero attached hydrogens (tertiary/aromatic N) is 1. The maximum Gasteiger partial charge on any atom is 0.251 e. The molecule has 1 aliphatic rings. The molecule has 0 saturated carbocycles. The summed E-state index contributed by atoms with van der Waals surface area (Å²) in [7, 11) is -3.33. The van der Waals surface area contributed by atoms with Gasteiger partial charge in [0.1, 0.15) is 5.82 Å². The summed E-state index contributed by atoms with van der Waals surface area (Å²) in [6.45, 7) is 2.29. The lowest BCUT2D eigenvalue weighted by molar-refractivity contribution is 0.0940. The minimum Gasteiger partial charge on any atom is -0.346 e. The van der Waals surface area contributed by atoms with Crippen LogP contribution in [0.3, 0.4) is 0 Å². The van der Waals surface area contributed by atoms with E-state index in [4.69, 9.17) is 0 Å². The fourth-order valence-electron chi connectivity index (χ4n) is 3.16. The number of halogens is 1. The second-order valence-corrected chi connectivity index (χ2v) is 8.44. The van der Waals surface area contributed by atoms with Crippen molar-refractivity contribution in [3.8, 4) is 0 Å². The Labute approximate surface area is 152 Å². The Bertz CT molecular complexity index is 926. The molecule has 3 rings (SSSR count). The standard InChI is InChI=1S/C19H21FN2O3S/c1-13(14-5-8-17(20)9-6-14)21-19(23)16-7-10-18-15(12-16)4-3-11-22(18)26(2,24)25/h5-10,12-13H,3-4,11H2,1-2H3,(H,21,23)/t13-/m0/s1. The molecule has 0 fully saturated rings. The van der Waals surface area contributed by atoms with Crippen LogP contribution in [-0.2, 0) is 16.4 Å². The number of hydrogen-bond donors (Lipinski definition) is 1. The number of amides is 1. The Morgan fingerprint density at radius 3 is 2.54 bits per heavy atom. The van der Waals surface area contributed by atoms with Gasteiger partial charge in [-0.1, -0.05) is 12.1 Å². The molecular formula is C19H21FN2O3S. The third-order valence-corrected chi connectivity index (χ3v) is 5.72. The molecular weight excluding hydrogens is 355 g/mol. The van der Waals surface area contributed by atoms with Crippen molar-refractivity contribution >= 4 is 21.6 Å². The lowest BCUT2D eigenvalue weighted by atomic mass is 10.00. The highest BCUT2D eigenvalue weighted by atomic mass is 32.2. The van der Waals surface area contributed by atoms with Gasteiger partial charge in [-0.2, -0.15) is 0 Å². The Morgan fingerprint density at radius 1 is 1.19 bits per heavy atom. The first-order valence-corrected chi connectivity index (χ1v) is 10.3. The van der Waals surface area contributed by atoms with Crippen LogP contribution in [0.1, 0.15) is 40.9 Å². The predicted octanol–water partition coefficient (Wildman–Crippen LogP) is 3.03. The largest absolute Gasteiger partial charge is 0.346 e. The number of nitrogens with one attached hydrogen (secondary N) is 1. The van der Waals surface area contributed by atoms with E-state index < -0.39 is 10.0 Å². The first kappa shape index (κ1) is 18.4. The molecule has 1 atom stereocenters. The van der Waals surface area contributed by atoms with Crippen molar-refractivity contribution < 1.29 is 17.6 Å². The van der Waals surface area contributed by atoms with E-state index in [1.165, 1.54) is 22.7 Å². The van der Waals surface area contributed by atoms with Crippen LogP contribution in [0.15, 0.2) is 42.5 Å². The summed E-state index contributed by atoms with van der Waals surface area (Å²) in [5.41, 5.74) is 2.78. The second kappa shape index (κ2) is 7.07. The maximum absolute atomic E-state index is 13.0. The lowest BCUT2D eigenvalue weighted by Gasteiger charge is -2.29. The Kier molecular flexibility index (Phi) is 5.00. The Hall–Kier alpha value is -2.41. The predicted molar refractivity (Wildman–Crippen MR) is 99.2 cm³/mol. The number of rotatable bonds is 4. The number of sulfonamides is 1. The monoisotopic (exact) mass is 376 g/mol. The number of fused-ring (bicyclic) bond motifs is 1. The second-order valence-electron chi connectivity index (χ2n) is 6.53. The molecule has 0 saturated heterocycles. The topological polar surface area (TPSA) is 66.5 Å². The minimum absolute atomic E-state index is 0.249. The van der Waals surface area contributed by atoms with Gasteiger partial charge in [0.15, 0.2) is 0 Å². The number of benzene rings is 2. The molecule has 0 spiro atoms. The zero-order valence-corrected chi connectivity index (χ0v) is 15.5. The summed E-state index contributed by atoms with van der Waals surface area (Å²) in [6, 6.07) is 10.8. The fraction of sp³-hybridized carbons (Fsp3) is 0.316. The Morgan fingerprint density at radius 2 is 1.88 bits per heavy atom. The van der Waals surface area contributed by atoms with E-state index in [0.29, 0.717) is 17.8 Å². The first-order chi connectivity index (χ1) is 12.3. The molecule has 1 heterocycles. The van der Waals surface area contributed by atoms with Gasteiger partial charge in [-0.25, -0.2) is 12.8 Å². The molecule has 2 aromatic rings. The maximum atomic E-state index is 13.0. The van der Waals surface area contributed by atoms with Crippen molar-refractivity contribution in [1.29, 1.82) is 0 Å². The van der Waals surface area contributed by atoms with Crippen molar-refractivity contribution in [2.45, 2.75) is 25.8 Å². The van der Waals surface area contributed by atoms with E-state index in [2.05, 4.69) is 5.32 Å². The average molecular weight is 376 g/mol. The van der Waals surface area contributed by atoms with E-state index >= 15 is 0 Å². The van der Waals surface area contributed by atoms with E-state index in [-0.39, 0.29) is 17.8 Å². The van der Waals surface area contributed by atoms with Gasteiger partial charge < -0.3 is 5.32 Å². The summed E-state index contributed by atoms with van der Waals surface area (Å²) in [5.74, 6) is -0.571. The van der Waals surface area contributed by atoms with Gasteiger partial charge in [0.25, 0.3) is 5.91 Å². The van der Waals surface area contributed by atoms with Crippen molar-refractivity contribution in [2.75, 3.05) is 17.1 Å². The molecule has 0 unspecified atom stereocenters. The molecule has 1 aliphatic heterocycles. The molecule has 1 amide bonds. The van der Waals surface area contributed by atoms with Gasteiger partial charge in [-0.15, -0.1) is 0 Å². The number of carbonyl (C=O) groups excluding carboxylic acids is 1. The van der Waals surface area contributed by atoms with E-state index in [1.807, 2.05) is 6.92 Å². The lowest BCUT2D eigenvalue weighted by Crippen LogP contribution is -2.35. The summed E-state index contributed by atoms with van der Waals surface area (Å²) >= 11 is 0. The molecule has 0 bridgehead atoms. The van der Waals surface area contributed by atoms with Gasteiger partial charge in [0.05, 0.1) is 18.0 Å². The van der Waals surface area contributed by atoms with Gasteiger partial charge >= 0.3 is 0 Å². The molecule has 26 heavy (non-hydrogen) atoms. The molecule has 7 heteroatoms. The number of aryl methyl sites for hydroxylation is 1. The molecule has 0 radical (unpaired) electrons. The summed E-state index contributed by atoms with van der Waals surface area (Å²) in [6.07, 6.45) is 2.64. The smallest absolute Gasteiger partial charge is 0.251 e. The van der Waals surface area contributed by atoms with Crippen LogP contribution in [0.5, 0.6) is 0 Å². The molecule has 5 nitrogen and oxygen atoms in total. The third kappa shape index (κ3) is 3.88. The molecule has 0 aromatic heterocycles. The van der Waals surface area contributed by atoms with Crippen LogP contribution in [0.2, 0.25) is 0 Å². The highest BCUT2D eigenvalue weighted by molar-refractivity contribution is 7.92. The summed E-state index contributed by atoms with van der Waals surface area (Å²) in [4.78, 5) is 12.5. The van der Waals surface area contributed by atoms with Crippen molar-refractivity contribution in [3.05, 3.63) is 65.0 Å². The molecule has 1 N–H and O–H groups in total. The summed E-state index contributed by atoms with van der Waals surface area (Å²) < 4.78 is 38.2.